The molecule has 5 heteroatoms. The Morgan fingerprint density at radius 1 is 1.64 bits per heavy atom. The summed E-state index contributed by atoms with van der Waals surface area (Å²) in [6.07, 6.45) is 0. The van der Waals surface area contributed by atoms with Crippen molar-refractivity contribution in [2.75, 3.05) is 5.73 Å². The van der Waals surface area contributed by atoms with Crippen LogP contribution in [0, 0.1) is 10.5 Å². The predicted molar refractivity (Wildman–Crippen MR) is 51.3 cm³/mol. The number of anilines is 1. The number of nitrogen functional groups attached to an aromatic ring is 1. The van der Waals surface area contributed by atoms with Crippen LogP contribution in [0.2, 0.25) is 0 Å². The van der Waals surface area contributed by atoms with E-state index in [4.69, 9.17) is 5.73 Å². The molecule has 0 radical (unpaired) electrons. The average molecular weight is 265 g/mol. The summed E-state index contributed by atoms with van der Waals surface area (Å²) in [6.45, 7) is 1.76. The molecule has 0 fully saturated rings. The number of halogens is 1. The van der Waals surface area contributed by atoms with Crippen molar-refractivity contribution in [1.29, 1.82) is 0 Å². The molecule has 0 atom stereocenters. The summed E-state index contributed by atoms with van der Waals surface area (Å²) in [4.78, 5) is 15.2. The topological polar surface area (TPSA) is 60.9 Å². The molecular formula is C6H8IN3O. The quantitative estimate of drug-likeness (QED) is 0.685. The van der Waals surface area contributed by atoms with Gasteiger partial charge < -0.3 is 5.73 Å². The summed E-state index contributed by atoms with van der Waals surface area (Å²) in [7, 11) is 1.60. The van der Waals surface area contributed by atoms with Gasteiger partial charge in [-0.05, 0) is 29.5 Å². The third-order valence-electron chi connectivity index (χ3n) is 1.44. The molecule has 0 amide bonds. The van der Waals surface area contributed by atoms with Gasteiger partial charge in [-0.1, -0.05) is 0 Å². The molecule has 1 heterocycles. The minimum Gasteiger partial charge on any atom is -0.369 e. The van der Waals surface area contributed by atoms with Crippen molar-refractivity contribution in [2.24, 2.45) is 7.05 Å². The van der Waals surface area contributed by atoms with E-state index >= 15 is 0 Å². The molecule has 0 unspecified atom stereocenters. The van der Waals surface area contributed by atoms with Crippen molar-refractivity contribution in [2.45, 2.75) is 6.92 Å². The summed E-state index contributed by atoms with van der Waals surface area (Å²) >= 11 is 1.96. The Hall–Kier alpha value is -0.590. The van der Waals surface area contributed by atoms with Crippen molar-refractivity contribution >= 4 is 28.5 Å². The molecule has 1 rings (SSSR count). The number of hydrogen-bond donors (Lipinski definition) is 1. The Kier molecular flexibility index (Phi) is 2.17. The Morgan fingerprint density at radius 3 is 2.73 bits per heavy atom. The molecule has 0 aromatic carbocycles. The molecule has 4 nitrogen and oxygen atoms in total. The number of rotatable bonds is 0. The largest absolute Gasteiger partial charge is 0.369 e. The van der Waals surface area contributed by atoms with Crippen LogP contribution in [-0.2, 0) is 7.05 Å². The van der Waals surface area contributed by atoms with Crippen LogP contribution in [0.15, 0.2) is 4.79 Å². The summed E-state index contributed by atoms with van der Waals surface area (Å²) in [6, 6.07) is 0. The Bertz CT molecular complexity index is 315. The highest BCUT2D eigenvalue weighted by atomic mass is 127. The van der Waals surface area contributed by atoms with E-state index in [-0.39, 0.29) is 11.5 Å². The Morgan fingerprint density at radius 2 is 2.18 bits per heavy atom. The second-order valence-electron chi connectivity index (χ2n) is 2.23. The van der Waals surface area contributed by atoms with Crippen molar-refractivity contribution in [3.05, 3.63) is 19.6 Å². The van der Waals surface area contributed by atoms with E-state index in [1.807, 2.05) is 22.6 Å². The minimum atomic E-state index is -0.0874. The van der Waals surface area contributed by atoms with Crippen molar-refractivity contribution in [3.8, 4) is 0 Å². The fourth-order valence-electron chi connectivity index (χ4n) is 0.702. The number of aromatic nitrogens is 2. The molecule has 0 aliphatic rings. The fraction of sp³-hybridized carbons (Fsp3) is 0.333. The highest BCUT2D eigenvalue weighted by Crippen LogP contribution is 2.03. The molecule has 0 aliphatic heterocycles. The first-order chi connectivity index (χ1) is 5.04. The summed E-state index contributed by atoms with van der Waals surface area (Å²) in [5, 5.41) is 0. The average Bonchev–Trinajstić information content (AvgIpc) is 1.97. The molecule has 1 aromatic heterocycles. The number of nitrogens with two attached hydrogens (primary N) is 1. The first-order valence-electron chi connectivity index (χ1n) is 3.02. The van der Waals surface area contributed by atoms with E-state index in [0.717, 1.165) is 0 Å². The van der Waals surface area contributed by atoms with Gasteiger partial charge in [0, 0.05) is 7.05 Å². The van der Waals surface area contributed by atoms with Crippen LogP contribution in [0.1, 0.15) is 5.69 Å². The lowest BCUT2D eigenvalue weighted by Gasteiger charge is -2.03. The van der Waals surface area contributed by atoms with Crippen molar-refractivity contribution in [3.63, 3.8) is 0 Å². The van der Waals surface area contributed by atoms with E-state index in [1.54, 1.807) is 14.0 Å². The minimum absolute atomic E-state index is 0.0874. The summed E-state index contributed by atoms with van der Waals surface area (Å²) in [5.74, 6) is 0.257. The Balaban J connectivity index is 3.59. The second-order valence-corrected chi connectivity index (χ2v) is 3.31. The lowest BCUT2D eigenvalue weighted by Crippen LogP contribution is -2.24. The first-order valence-corrected chi connectivity index (χ1v) is 4.10. The third kappa shape index (κ3) is 1.37. The zero-order chi connectivity index (χ0) is 8.59. The summed E-state index contributed by atoms with van der Waals surface area (Å²) in [5.41, 5.74) is 6.04. The van der Waals surface area contributed by atoms with Gasteiger partial charge in [0.15, 0.2) is 0 Å². The zero-order valence-corrected chi connectivity index (χ0v) is 8.42. The van der Waals surface area contributed by atoms with Gasteiger partial charge in [-0.3, -0.25) is 9.36 Å². The van der Waals surface area contributed by atoms with Crippen LogP contribution in [0.25, 0.3) is 0 Å². The maximum atomic E-state index is 11.2. The van der Waals surface area contributed by atoms with E-state index in [1.165, 1.54) is 4.57 Å². The molecule has 0 aliphatic carbocycles. The van der Waals surface area contributed by atoms with Gasteiger partial charge in [-0.2, -0.15) is 0 Å². The van der Waals surface area contributed by atoms with Crippen molar-refractivity contribution in [1.82, 2.24) is 9.55 Å². The predicted octanol–water partition coefficient (Wildman–Crippen LogP) is 0.276. The normalized spacial score (nSPS) is 10.1. The smallest absolute Gasteiger partial charge is 0.268 e. The molecule has 0 bridgehead atoms. The monoisotopic (exact) mass is 265 g/mol. The summed E-state index contributed by atoms with van der Waals surface area (Å²) < 4.78 is 1.95. The first kappa shape index (κ1) is 8.51. The lowest BCUT2D eigenvalue weighted by atomic mass is 10.4. The highest BCUT2D eigenvalue weighted by Gasteiger charge is 2.05. The lowest BCUT2D eigenvalue weighted by molar-refractivity contribution is 0.823. The zero-order valence-electron chi connectivity index (χ0n) is 6.26. The number of hydrogen-bond acceptors (Lipinski definition) is 3. The molecule has 11 heavy (non-hydrogen) atoms. The van der Waals surface area contributed by atoms with Gasteiger partial charge in [0.1, 0.15) is 0 Å². The van der Waals surface area contributed by atoms with Gasteiger partial charge in [0.05, 0.1) is 9.26 Å². The van der Waals surface area contributed by atoms with Crippen LogP contribution >= 0.6 is 22.6 Å². The SMILES string of the molecule is Cc1nc(N)n(C)c(=O)c1I. The standard InChI is InChI=1S/C6H8IN3O/c1-3-4(7)5(11)10(2)6(8)9-3/h1-2H3,(H2,8,9). The molecule has 0 saturated heterocycles. The van der Waals surface area contributed by atoms with Crippen LogP contribution in [0.5, 0.6) is 0 Å². The van der Waals surface area contributed by atoms with Crippen LogP contribution in [-0.4, -0.2) is 9.55 Å². The van der Waals surface area contributed by atoms with Gasteiger partial charge in [0.2, 0.25) is 5.95 Å². The molecule has 2 N–H and O–H groups in total. The highest BCUT2D eigenvalue weighted by molar-refractivity contribution is 14.1. The van der Waals surface area contributed by atoms with Gasteiger partial charge in [0.25, 0.3) is 5.56 Å². The third-order valence-corrected chi connectivity index (χ3v) is 2.68. The van der Waals surface area contributed by atoms with Gasteiger partial charge in [-0.25, -0.2) is 4.98 Å². The van der Waals surface area contributed by atoms with E-state index in [0.29, 0.717) is 9.26 Å². The molecule has 1 aromatic rings. The fourth-order valence-corrected chi connectivity index (χ4v) is 1.18. The van der Waals surface area contributed by atoms with Gasteiger partial charge in [-0.15, -0.1) is 0 Å². The molecule has 60 valence electrons. The van der Waals surface area contributed by atoms with Crippen molar-refractivity contribution < 1.29 is 0 Å². The number of aryl methyl sites for hydroxylation is 1. The van der Waals surface area contributed by atoms with Crippen LogP contribution in [0.4, 0.5) is 5.95 Å². The van der Waals surface area contributed by atoms with Crippen LogP contribution < -0.4 is 11.3 Å². The van der Waals surface area contributed by atoms with E-state index in [2.05, 4.69) is 4.98 Å². The van der Waals surface area contributed by atoms with Crippen LogP contribution in [0.3, 0.4) is 0 Å². The molecule has 0 saturated carbocycles. The van der Waals surface area contributed by atoms with E-state index in [9.17, 15) is 4.79 Å². The Labute approximate surface area is 77.6 Å². The maximum absolute atomic E-state index is 11.2. The second kappa shape index (κ2) is 2.80. The number of nitrogens with zero attached hydrogens (tertiary/aromatic N) is 2. The van der Waals surface area contributed by atoms with Gasteiger partial charge >= 0.3 is 0 Å². The molecular weight excluding hydrogens is 257 g/mol. The maximum Gasteiger partial charge on any atom is 0.268 e. The van der Waals surface area contributed by atoms with E-state index < -0.39 is 0 Å². The molecule has 0 spiro atoms.